The van der Waals surface area contributed by atoms with E-state index in [0.29, 0.717) is 11.2 Å². The Hall–Kier alpha value is -3.37. The van der Waals surface area contributed by atoms with Gasteiger partial charge < -0.3 is 25.4 Å². The normalized spacial score (nSPS) is 28.3. The van der Waals surface area contributed by atoms with Crippen LogP contribution in [0.3, 0.4) is 0 Å². The number of methoxy groups -OCH3 is 1. The standard InChI is InChI=1S/C26H27N5O4/c1-34-21(17-12-26(17,15-8-4-2-5-9-15)16-10-6-3-7-11-16)22-19(32)20(33)25(35-22)31-14-30-18-23(27)28-13-29-24(18)31/h2-11,13-14,17,19-22,25,32-33H,12H2,1H3,(H2,27,28,29)/t17?,19-,20+,21?,22-,25+/m0/s1. The third kappa shape index (κ3) is 3.35. The number of imidazole rings is 1. The molecule has 4 N–H and O–H groups in total. The van der Waals surface area contributed by atoms with E-state index in [9.17, 15) is 10.2 Å². The summed E-state index contributed by atoms with van der Waals surface area (Å²) < 4.78 is 13.9. The van der Waals surface area contributed by atoms with Gasteiger partial charge in [-0.1, -0.05) is 60.7 Å². The summed E-state index contributed by atoms with van der Waals surface area (Å²) in [5, 5.41) is 22.1. The Morgan fingerprint density at radius 3 is 2.29 bits per heavy atom. The van der Waals surface area contributed by atoms with E-state index < -0.39 is 30.6 Å². The number of aliphatic hydroxyl groups is 2. The number of nitrogen functional groups attached to an aromatic ring is 1. The van der Waals surface area contributed by atoms with Gasteiger partial charge in [-0.15, -0.1) is 0 Å². The number of fused-ring (bicyclic) bond motifs is 1. The van der Waals surface area contributed by atoms with E-state index >= 15 is 0 Å². The highest BCUT2D eigenvalue weighted by Crippen LogP contribution is 2.62. The van der Waals surface area contributed by atoms with Gasteiger partial charge in [-0.25, -0.2) is 15.0 Å². The Bertz CT molecular complexity index is 1290. The van der Waals surface area contributed by atoms with Crippen molar-refractivity contribution >= 4 is 17.0 Å². The third-order valence-corrected chi connectivity index (χ3v) is 7.52. The number of nitrogens with two attached hydrogens (primary N) is 1. The van der Waals surface area contributed by atoms with Gasteiger partial charge in [-0.3, -0.25) is 4.57 Å². The van der Waals surface area contributed by atoms with Gasteiger partial charge >= 0.3 is 0 Å². The highest BCUT2D eigenvalue weighted by molar-refractivity contribution is 5.81. The van der Waals surface area contributed by atoms with Crippen LogP contribution in [0.4, 0.5) is 5.82 Å². The van der Waals surface area contributed by atoms with Gasteiger partial charge in [0.25, 0.3) is 0 Å². The molecule has 3 heterocycles. The molecule has 0 bridgehead atoms. The number of benzene rings is 2. The summed E-state index contributed by atoms with van der Waals surface area (Å²) in [6.45, 7) is 0. The second-order valence-corrected chi connectivity index (χ2v) is 9.27. The first kappa shape index (κ1) is 22.1. The molecular weight excluding hydrogens is 446 g/mol. The van der Waals surface area contributed by atoms with E-state index in [1.165, 1.54) is 23.8 Å². The fourth-order valence-electron chi connectivity index (χ4n) is 5.76. The Morgan fingerprint density at radius 2 is 1.66 bits per heavy atom. The molecule has 1 aliphatic carbocycles. The molecule has 9 nitrogen and oxygen atoms in total. The topological polar surface area (TPSA) is 129 Å². The van der Waals surface area contributed by atoms with Crippen LogP contribution in [0.5, 0.6) is 0 Å². The first-order valence-electron chi connectivity index (χ1n) is 11.6. The van der Waals surface area contributed by atoms with Gasteiger partial charge in [0.2, 0.25) is 0 Å². The minimum atomic E-state index is -1.20. The summed E-state index contributed by atoms with van der Waals surface area (Å²) >= 11 is 0. The molecule has 2 unspecified atom stereocenters. The number of aliphatic hydroxyl groups excluding tert-OH is 2. The van der Waals surface area contributed by atoms with Crippen molar-refractivity contribution < 1.29 is 19.7 Å². The lowest BCUT2D eigenvalue weighted by Crippen LogP contribution is -2.42. The van der Waals surface area contributed by atoms with Crippen molar-refractivity contribution in [2.45, 2.75) is 42.5 Å². The highest BCUT2D eigenvalue weighted by Gasteiger charge is 2.63. The number of ether oxygens (including phenoxy) is 2. The lowest BCUT2D eigenvalue weighted by Gasteiger charge is -2.28. The number of anilines is 1. The smallest absolute Gasteiger partial charge is 0.167 e. The number of hydrogen-bond donors (Lipinski definition) is 3. The molecule has 2 aromatic heterocycles. The summed E-state index contributed by atoms with van der Waals surface area (Å²) in [6, 6.07) is 20.7. The van der Waals surface area contributed by atoms with Crippen LogP contribution in [-0.2, 0) is 14.9 Å². The van der Waals surface area contributed by atoms with Crippen molar-refractivity contribution in [2.24, 2.45) is 5.92 Å². The predicted molar refractivity (Wildman–Crippen MR) is 128 cm³/mol. The minimum Gasteiger partial charge on any atom is -0.387 e. The Labute approximate surface area is 202 Å². The average Bonchev–Trinajstić information content (AvgIpc) is 3.39. The average molecular weight is 474 g/mol. The summed E-state index contributed by atoms with van der Waals surface area (Å²) in [5.41, 5.74) is 8.88. The summed E-state index contributed by atoms with van der Waals surface area (Å²) in [6.07, 6.45) is -0.801. The van der Waals surface area contributed by atoms with Crippen molar-refractivity contribution in [3.8, 4) is 0 Å². The molecule has 4 aromatic rings. The maximum absolute atomic E-state index is 11.1. The largest absolute Gasteiger partial charge is 0.387 e. The minimum absolute atomic E-state index is 0.0420. The second-order valence-electron chi connectivity index (χ2n) is 9.27. The van der Waals surface area contributed by atoms with E-state index in [1.807, 2.05) is 36.4 Å². The lowest BCUT2D eigenvalue weighted by molar-refractivity contribution is -0.104. The second kappa shape index (κ2) is 8.39. The van der Waals surface area contributed by atoms with Crippen molar-refractivity contribution in [2.75, 3.05) is 12.8 Å². The van der Waals surface area contributed by atoms with Crippen LogP contribution in [0, 0.1) is 5.92 Å². The van der Waals surface area contributed by atoms with Crippen LogP contribution in [0.1, 0.15) is 23.8 Å². The summed E-state index contributed by atoms with van der Waals surface area (Å²) in [5.74, 6) is 0.280. The molecule has 0 radical (unpaired) electrons. The van der Waals surface area contributed by atoms with Gasteiger partial charge in [0.15, 0.2) is 17.7 Å². The summed E-state index contributed by atoms with van der Waals surface area (Å²) in [4.78, 5) is 12.5. The van der Waals surface area contributed by atoms with E-state index in [4.69, 9.17) is 15.2 Å². The maximum atomic E-state index is 11.1. The number of nitrogens with zero attached hydrogens (tertiary/aromatic N) is 4. The molecule has 2 aliphatic rings. The molecule has 0 spiro atoms. The van der Waals surface area contributed by atoms with Crippen molar-refractivity contribution in [1.82, 2.24) is 19.5 Å². The first-order chi connectivity index (χ1) is 17.1. The van der Waals surface area contributed by atoms with Gasteiger partial charge in [0.05, 0.1) is 12.4 Å². The quantitative estimate of drug-likeness (QED) is 0.388. The van der Waals surface area contributed by atoms with E-state index in [2.05, 4.69) is 39.2 Å². The van der Waals surface area contributed by atoms with Crippen LogP contribution >= 0.6 is 0 Å². The van der Waals surface area contributed by atoms with Gasteiger partial charge in [-0.2, -0.15) is 0 Å². The SMILES string of the molecule is COC(C1CC1(c1ccccc1)c1ccccc1)[C@H]1O[C@@H](n2cnc3c(N)ncnc32)[C@H](O)[C@@H]1O. The van der Waals surface area contributed by atoms with E-state index in [-0.39, 0.29) is 17.2 Å². The summed E-state index contributed by atoms with van der Waals surface area (Å²) in [7, 11) is 1.63. The highest BCUT2D eigenvalue weighted by atomic mass is 16.6. The molecule has 0 amide bonds. The van der Waals surface area contributed by atoms with Crippen molar-refractivity contribution in [3.63, 3.8) is 0 Å². The van der Waals surface area contributed by atoms with Crippen LogP contribution in [-0.4, -0.2) is 61.3 Å². The van der Waals surface area contributed by atoms with E-state index in [0.717, 1.165) is 6.42 Å². The molecule has 2 aromatic carbocycles. The predicted octanol–water partition coefficient (Wildman–Crippen LogP) is 2.05. The zero-order chi connectivity index (χ0) is 24.2. The van der Waals surface area contributed by atoms with Gasteiger partial charge in [0.1, 0.15) is 30.2 Å². The van der Waals surface area contributed by atoms with Crippen molar-refractivity contribution in [3.05, 3.63) is 84.4 Å². The van der Waals surface area contributed by atoms with Crippen LogP contribution in [0.15, 0.2) is 73.3 Å². The molecule has 2 fully saturated rings. The van der Waals surface area contributed by atoms with E-state index in [1.54, 1.807) is 11.7 Å². The molecule has 180 valence electrons. The molecule has 1 saturated heterocycles. The molecule has 6 atom stereocenters. The Balaban J connectivity index is 1.34. The molecular formula is C26H27N5O4. The van der Waals surface area contributed by atoms with Gasteiger partial charge in [-0.05, 0) is 17.5 Å². The first-order valence-corrected chi connectivity index (χ1v) is 11.6. The Kier molecular flexibility index (Phi) is 5.30. The molecule has 9 heteroatoms. The third-order valence-electron chi connectivity index (χ3n) is 7.52. The van der Waals surface area contributed by atoms with Crippen LogP contribution < -0.4 is 5.73 Å². The number of aromatic nitrogens is 4. The van der Waals surface area contributed by atoms with Crippen LogP contribution in [0.2, 0.25) is 0 Å². The molecule has 1 aliphatic heterocycles. The zero-order valence-electron chi connectivity index (χ0n) is 19.2. The fraction of sp³-hybridized carbons (Fsp3) is 0.346. The van der Waals surface area contributed by atoms with Crippen molar-refractivity contribution in [1.29, 1.82) is 0 Å². The lowest BCUT2D eigenvalue weighted by atomic mass is 9.83. The molecule has 1 saturated carbocycles. The maximum Gasteiger partial charge on any atom is 0.167 e. The molecule has 6 rings (SSSR count). The zero-order valence-corrected chi connectivity index (χ0v) is 19.2. The van der Waals surface area contributed by atoms with Gasteiger partial charge in [0, 0.05) is 18.4 Å². The monoisotopic (exact) mass is 473 g/mol. The number of rotatable bonds is 6. The Morgan fingerprint density at radius 1 is 1.00 bits per heavy atom. The number of hydrogen-bond acceptors (Lipinski definition) is 8. The van der Waals surface area contributed by atoms with Crippen LogP contribution in [0.25, 0.3) is 11.2 Å². The fourth-order valence-corrected chi connectivity index (χ4v) is 5.76. The molecule has 35 heavy (non-hydrogen) atoms.